The first-order chi connectivity index (χ1) is 17.3. The van der Waals surface area contributed by atoms with Crippen LogP contribution in [0.3, 0.4) is 0 Å². The second-order valence-electron chi connectivity index (χ2n) is 8.12. The minimum Gasteiger partial charge on any atom is -0.508 e. The fourth-order valence-corrected chi connectivity index (χ4v) is 3.08. The van der Waals surface area contributed by atoms with Crippen molar-refractivity contribution < 1.29 is 49.2 Å². The van der Waals surface area contributed by atoms with Gasteiger partial charge in [-0.05, 0) is 37.0 Å². The lowest BCUT2D eigenvalue weighted by Gasteiger charge is -2.24. The Hall–Kier alpha value is -4.24. The van der Waals surface area contributed by atoms with E-state index < -0.39 is 79.2 Å². The zero-order valence-electron chi connectivity index (χ0n) is 19.8. The van der Waals surface area contributed by atoms with Gasteiger partial charge in [-0.25, -0.2) is 4.79 Å². The SMILES string of the molecule is NC(=O)CCC(NC(=O)C(CO)NC(=O)C(N)Cc1ccc(O)cc1)C(=O)NC(CCC(=O)O)C(=O)O. The molecule has 0 fully saturated rings. The molecule has 37 heavy (non-hydrogen) atoms. The molecule has 0 radical (unpaired) electrons. The van der Waals surface area contributed by atoms with Crippen LogP contribution in [-0.2, 0) is 35.2 Å². The zero-order valence-corrected chi connectivity index (χ0v) is 19.8. The summed E-state index contributed by atoms with van der Waals surface area (Å²) in [4.78, 5) is 71.1. The van der Waals surface area contributed by atoms with Crippen LogP contribution in [0.5, 0.6) is 5.75 Å². The van der Waals surface area contributed by atoms with Crippen LogP contribution in [0.4, 0.5) is 0 Å². The third kappa shape index (κ3) is 11.4. The molecule has 0 aromatic heterocycles. The molecular weight excluding hydrogens is 494 g/mol. The van der Waals surface area contributed by atoms with E-state index in [1.165, 1.54) is 12.1 Å². The highest BCUT2D eigenvalue weighted by molar-refractivity contribution is 5.94. The van der Waals surface area contributed by atoms with Gasteiger partial charge in [0.1, 0.15) is 23.9 Å². The first-order valence-electron chi connectivity index (χ1n) is 11.1. The van der Waals surface area contributed by atoms with Crippen molar-refractivity contribution >= 4 is 35.6 Å². The topological polar surface area (TPSA) is 271 Å². The predicted octanol–water partition coefficient (Wildman–Crippen LogP) is -3.08. The monoisotopic (exact) mass is 525 g/mol. The van der Waals surface area contributed by atoms with Crippen molar-refractivity contribution in [1.82, 2.24) is 16.0 Å². The molecule has 204 valence electrons. The van der Waals surface area contributed by atoms with E-state index in [1.54, 1.807) is 12.1 Å². The van der Waals surface area contributed by atoms with E-state index in [4.69, 9.17) is 16.6 Å². The average molecular weight is 526 g/mol. The molecule has 0 heterocycles. The highest BCUT2D eigenvalue weighted by Gasteiger charge is 2.30. The zero-order chi connectivity index (χ0) is 28.1. The normalized spacial score (nSPS) is 13.9. The standard InChI is InChI=1S/C22H31N5O10/c23-13(9-11-1-3-12(29)4-2-11)19(33)27-16(10-28)21(35)25-14(5-7-17(24)30)20(34)26-15(22(36)37)6-8-18(31)32/h1-4,13-16,28-29H,5-10,23H2,(H2,24,30)(H,25,35)(H,26,34)(H,27,33)(H,31,32)(H,36,37). The van der Waals surface area contributed by atoms with Gasteiger partial charge in [0.2, 0.25) is 23.6 Å². The summed E-state index contributed by atoms with van der Waals surface area (Å²) in [5.41, 5.74) is 11.6. The van der Waals surface area contributed by atoms with Crippen LogP contribution in [-0.4, -0.2) is 86.8 Å². The lowest BCUT2D eigenvalue weighted by Crippen LogP contribution is -2.58. The molecule has 4 unspecified atom stereocenters. The van der Waals surface area contributed by atoms with Gasteiger partial charge in [-0.1, -0.05) is 12.1 Å². The Labute approximate surface area is 211 Å². The number of carbonyl (C=O) groups is 6. The Morgan fingerprint density at radius 2 is 1.30 bits per heavy atom. The van der Waals surface area contributed by atoms with Gasteiger partial charge in [0.25, 0.3) is 0 Å². The molecule has 11 N–H and O–H groups in total. The number of benzene rings is 1. The summed E-state index contributed by atoms with van der Waals surface area (Å²) in [6.45, 7) is -0.885. The summed E-state index contributed by atoms with van der Waals surface area (Å²) in [6, 6.07) is 0.111. The number of primary amides is 1. The molecule has 0 aliphatic carbocycles. The molecule has 0 aliphatic rings. The van der Waals surface area contributed by atoms with Gasteiger partial charge in [-0.15, -0.1) is 0 Å². The summed E-state index contributed by atoms with van der Waals surface area (Å²) >= 11 is 0. The Bertz CT molecular complexity index is 985. The number of hydrogen-bond acceptors (Lipinski definition) is 9. The summed E-state index contributed by atoms with van der Waals surface area (Å²) in [7, 11) is 0. The fraction of sp³-hybridized carbons (Fsp3) is 0.455. The number of aliphatic carboxylic acids is 2. The van der Waals surface area contributed by atoms with Crippen LogP contribution in [0, 0.1) is 0 Å². The number of nitrogens with one attached hydrogen (secondary N) is 3. The van der Waals surface area contributed by atoms with E-state index in [9.17, 15) is 44.1 Å². The van der Waals surface area contributed by atoms with Gasteiger partial charge in [0.05, 0.1) is 12.6 Å². The number of aliphatic hydroxyl groups is 1. The van der Waals surface area contributed by atoms with Crippen molar-refractivity contribution in [2.45, 2.75) is 56.3 Å². The smallest absolute Gasteiger partial charge is 0.326 e. The van der Waals surface area contributed by atoms with Crippen molar-refractivity contribution in [3.8, 4) is 5.75 Å². The number of amides is 4. The Kier molecular flexibility index (Phi) is 12.5. The number of nitrogens with two attached hydrogens (primary N) is 2. The number of carboxylic acids is 2. The number of phenolic OH excluding ortho intramolecular Hbond substituents is 1. The Balaban J connectivity index is 2.87. The number of aliphatic hydroxyl groups excluding tert-OH is 1. The number of carboxylic acid groups (broad SMARTS) is 2. The van der Waals surface area contributed by atoms with E-state index in [2.05, 4.69) is 16.0 Å². The molecule has 0 spiro atoms. The third-order valence-electron chi connectivity index (χ3n) is 5.12. The van der Waals surface area contributed by atoms with E-state index in [0.29, 0.717) is 5.56 Å². The molecular formula is C22H31N5O10. The predicted molar refractivity (Wildman–Crippen MR) is 126 cm³/mol. The molecule has 0 aliphatic heterocycles. The Morgan fingerprint density at radius 3 is 1.81 bits per heavy atom. The van der Waals surface area contributed by atoms with Crippen LogP contribution in [0.25, 0.3) is 0 Å². The maximum absolute atomic E-state index is 12.7. The summed E-state index contributed by atoms with van der Waals surface area (Å²) < 4.78 is 0. The summed E-state index contributed by atoms with van der Waals surface area (Å²) in [6.07, 6.45) is -1.67. The lowest BCUT2D eigenvalue weighted by atomic mass is 10.1. The second kappa shape index (κ2) is 15.0. The minimum atomic E-state index is -1.59. The molecule has 0 saturated heterocycles. The lowest BCUT2D eigenvalue weighted by molar-refractivity contribution is -0.143. The van der Waals surface area contributed by atoms with Crippen molar-refractivity contribution in [3.05, 3.63) is 29.8 Å². The van der Waals surface area contributed by atoms with Gasteiger partial charge in [0, 0.05) is 12.8 Å². The van der Waals surface area contributed by atoms with Gasteiger partial charge >= 0.3 is 11.9 Å². The van der Waals surface area contributed by atoms with Gasteiger partial charge < -0.3 is 47.8 Å². The van der Waals surface area contributed by atoms with Gasteiger partial charge in [-0.2, -0.15) is 0 Å². The first-order valence-corrected chi connectivity index (χ1v) is 11.1. The molecule has 0 saturated carbocycles. The first kappa shape index (κ1) is 30.8. The van der Waals surface area contributed by atoms with E-state index in [0.717, 1.165) is 0 Å². The number of aromatic hydroxyl groups is 1. The fourth-order valence-electron chi connectivity index (χ4n) is 3.08. The number of carbonyl (C=O) groups excluding carboxylic acids is 4. The molecule has 1 aromatic rings. The maximum atomic E-state index is 12.7. The number of hydrogen-bond donors (Lipinski definition) is 9. The van der Waals surface area contributed by atoms with Crippen LogP contribution < -0.4 is 27.4 Å². The second-order valence-corrected chi connectivity index (χ2v) is 8.12. The number of phenols is 1. The average Bonchev–Trinajstić information content (AvgIpc) is 2.83. The number of rotatable bonds is 16. The summed E-state index contributed by atoms with van der Waals surface area (Å²) in [5.74, 6) is -6.48. The molecule has 1 rings (SSSR count). The minimum absolute atomic E-state index is 0.0188. The van der Waals surface area contributed by atoms with Crippen molar-refractivity contribution in [2.24, 2.45) is 11.5 Å². The maximum Gasteiger partial charge on any atom is 0.326 e. The molecule has 1 aromatic carbocycles. The highest BCUT2D eigenvalue weighted by atomic mass is 16.4. The van der Waals surface area contributed by atoms with Crippen LogP contribution >= 0.6 is 0 Å². The van der Waals surface area contributed by atoms with Crippen LogP contribution in [0.2, 0.25) is 0 Å². The van der Waals surface area contributed by atoms with Crippen LogP contribution in [0.15, 0.2) is 24.3 Å². The molecule has 4 atom stereocenters. The van der Waals surface area contributed by atoms with Gasteiger partial charge in [-0.3, -0.25) is 24.0 Å². The van der Waals surface area contributed by atoms with Crippen LogP contribution in [0.1, 0.15) is 31.2 Å². The Morgan fingerprint density at radius 1 is 0.784 bits per heavy atom. The molecule has 4 amide bonds. The van der Waals surface area contributed by atoms with E-state index >= 15 is 0 Å². The highest BCUT2D eigenvalue weighted by Crippen LogP contribution is 2.11. The molecule has 15 nitrogen and oxygen atoms in total. The molecule has 15 heteroatoms. The van der Waals surface area contributed by atoms with Crippen molar-refractivity contribution in [1.29, 1.82) is 0 Å². The largest absolute Gasteiger partial charge is 0.508 e. The van der Waals surface area contributed by atoms with Crippen molar-refractivity contribution in [2.75, 3.05) is 6.61 Å². The van der Waals surface area contributed by atoms with Gasteiger partial charge in [0.15, 0.2) is 0 Å². The third-order valence-corrected chi connectivity index (χ3v) is 5.12. The van der Waals surface area contributed by atoms with E-state index in [1.807, 2.05) is 0 Å². The molecule has 0 bridgehead atoms. The van der Waals surface area contributed by atoms with Crippen molar-refractivity contribution in [3.63, 3.8) is 0 Å². The summed E-state index contributed by atoms with van der Waals surface area (Å²) in [5, 5.41) is 43.5. The van der Waals surface area contributed by atoms with E-state index in [-0.39, 0.29) is 25.0 Å². The quantitative estimate of drug-likeness (QED) is 0.104.